The molecule has 0 saturated heterocycles. The van der Waals surface area contributed by atoms with Crippen LogP contribution in [0, 0.1) is 11.6 Å². The minimum Gasteiger partial charge on any atom is -0.479 e. The van der Waals surface area contributed by atoms with Gasteiger partial charge in [0.2, 0.25) is 0 Å². The lowest BCUT2D eigenvalue weighted by Gasteiger charge is -2.10. The van der Waals surface area contributed by atoms with Crippen molar-refractivity contribution in [3.05, 3.63) is 59.7 Å². The predicted octanol–water partition coefficient (Wildman–Crippen LogP) is 2.75. The maximum Gasteiger partial charge on any atom is 0.337 e. The SMILES string of the molecule is O=C(O)C(O)c1cc(-c2ccc(F)cc2)ccc1F. The van der Waals surface area contributed by atoms with Crippen LogP contribution in [-0.4, -0.2) is 16.2 Å². The number of carboxylic acid groups (broad SMARTS) is 1. The first-order valence-corrected chi connectivity index (χ1v) is 5.45. The van der Waals surface area contributed by atoms with Crippen LogP contribution in [0.1, 0.15) is 11.7 Å². The van der Waals surface area contributed by atoms with Crippen molar-refractivity contribution in [1.82, 2.24) is 0 Å². The lowest BCUT2D eigenvalue weighted by atomic mass is 10.00. The topological polar surface area (TPSA) is 57.5 Å². The molecule has 0 aliphatic heterocycles. The van der Waals surface area contributed by atoms with Crippen LogP contribution in [0.4, 0.5) is 8.78 Å². The van der Waals surface area contributed by atoms with Gasteiger partial charge in [0.05, 0.1) is 0 Å². The summed E-state index contributed by atoms with van der Waals surface area (Å²) in [4.78, 5) is 10.7. The number of carbonyl (C=O) groups is 1. The fourth-order valence-electron chi connectivity index (χ4n) is 1.71. The maximum absolute atomic E-state index is 13.5. The first-order chi connectivity index (χ1) is 8.99. The van der Waals surface area contributed by atoms with Gasteiger partial charge in [0.15, 0.2) is 6.10 Å². The van der Waals surface area contributed by atoms with Gasteiger partial charge in [-0.05, 0) is 35.4 Å². The van der Waals surface area contributed by atoms with E-state index in [1.54, 1.807) is 0 Å². The molecule has 1 atom stereocenters. The second-order valence-electron chi connectivity index (χ2n) is 3.98. The minimum absolute atomic E-state index is 0.325. The summed E-state index contributed by atoms with van der Waals surface area (Å²) in [6.07, 6.45) is -1.93. The Labute approximate surface area is 107 Å². The Morgan fingerprint density at radius 2 is 1.58 bits per heavy atom. The highest BCUT2D eigenvalue weighted by atomic mass is 19.1. The van der Waals surface area contributed by atoms with Crippen molar-refractivity contribution in [2.45, 2.75) is 6.10 Å². The number of halogens is 2. The summed E-state index contributed by atoms with van der Waals surface area (Å²) in [6, 6.07) is 9.19. The molecule has 5 heteroatoms. The first kappa shape index (κ1) is 13.2. The molecule has 2 rings (SSSR count). The Balaban J connectivity index is 2.46. The smallest absolute Gasteiger partial charge is 0.337 e. The summed E-state index contributed by atoms with van der Waals surface area (Å²) >= 11 is 0. The molecule has 1 unspecified atom stereocenters. The molecule has 0 amide bonds. The van der Waals surface area contributed by atoms with Gasteiger partial charge in [-0.25, -0.2) is 13.6 Å². The number of hydrogen-bond donors (Lipinski definition) is 2. The zero-order valence-electron chi connectivity index (χ0n) is 9.68. The van der Waals surface area contributed by atoms with Crippen LogP contribution in [0.15, 0.2) is 42.5 Å². The number of aliphatic hydroxyl groups is 1. The average molecular weight is 264 g/mol. The number of benzene rings is 2. The van der Waals surface area contributed by atoms with Crippen LogP contribution in [0.2, 0.25) is 0 Å². The average Bonchev–Trinajstić information content (AvgIpc) is 2.39. The molecule has 0 bridgehead atoms. The van der Waals surface area contributed by atoms with Gasteiger partial charge in [0.1, 0.15) is 11.6 Å². The summed E-state index contributed by atoms with van der Waals surface area (Å²) in [5.41, 5.74) is 0.770. The molecular weight excluding hydrogens is 254 g/mol. The van der Waals surface area contributed by atoms with Gasteiger partial charge in [0.25, 0.3) is 0 Å². The maximum atomic E-state index is 13.5. The van der Waals surface area contributed by atoms with Gasteiger partial charge in [-0.3, -0.25) is 0 Å². The molecule has 19 heavy (non-hydrogen) atoms. The van der Waals surface area contributed by atoms with E-state index >= 15 is 0 Å². The predicted molar refractivity (Wildman–Crippen MR) is 64.4 cm³/mol. The van der Waals surface area contributed by atoms with Crippen molar-refractivity contribution >= 4 is 5.97 Å². The standard InChI is InChI=1S/C14H10F2O3/c15-10-4-1-8(2-5-10)9-3-6-12(16)11(7-9)13(17)14(18)19/h1-7,13,17H,(H,18,19). The van der Waals surface area contributed by atoms with Gasteiger partial charge in [-0.1, -0.05) is 18.2 Å². The van der Waals surface area contributed by atoms with Crippen LogP contribution in [0.5, 0.6) is 0 Å². The third-order valence-electron chi connectivity index (χ3n) is 2.70. The van der Waals surface area contributed by atoms with Crippen molar-refractivity contribution in [2.75, 3.05) is 0 Å². The monoisotopic (exact) mass is 264 g/mol. The largest absolute Gasteiger partial charge is 0.479 e. The molecule has 2 aromatic rings. The fraction of sp³-hybridized carbons (Fsp3) is 0.0714. The Hall–Kier alpha value is -2.27. The molecule has 0 fully saturated rings. The van der Waals surface area contributed by atoms with E-state index in [1.165, 1.54) is 36.4 Å². The summed E-state index contributed by atoms with van der Waals surface area (Å²) in [5.74, 6) is -2.74. The van der Waals surface area contributed by atoms with E-state index in [9.17, 15) is 18.7 Å². The Morgan fingerprint density at radius 3 is 2.16 bits per heavy atom. The van der Waals surface area contributed by atoms with Crippen molar-refractivity contribution < 1.29 is 23.8 Å². The van der Waals surface area contributed by atoms with Gasteiger partial charge in [0, 0.05) is 5.56 Å². The number of rotatable bonds is 3. The highest BCUT2D eigenvalue weighted by molar-refractivity contribution is 5.75. The van der Waals surface area contributed by atoms with Crippen LogP contribution < -0.4 is 0 Å². The summed E-state index contributed by atoms with van der Waals surface area (Å²) in [5, 5.41) is 18.1. The molecule has 0 aliphatic rings. The lowest BCUT2D eigenvalue weighted by molar-refractivity contribution is -0.147. The highest BCUT2D eigenvalue weighted by Gasteiger charge is 2.20. The van der Waals surface area contributed by atoms with E-state index in [4.69, 9.17) is 5.11 Å². The zero-order chi connectivity index (χ0) is 14.0. The quantitative estimate of drug-likeness (QED) is 0.896. The van der Waals surface area contributed by atoms with Crippen LogP contribution in [0.25, 0.3) is 11.1 Å². The molecule has 0 saturated carbocycles. The van der Waals surface area contributed by atoms with Gasteiger partial charge < -0.3 is 10.2 Å². The fourth-order valence-corrected chi connectivity index (χ4v) is 1.71. The molecule has 0 spiro atoms. The molecule has 0 aromatic heterocycles. The lowest BCUT2D eigenvalue weighted by Crippen LogP contribution is -2.12. The molecule has 2 N–H and O–H groups in total. The number of aliphatic hydroxyl groups excluding tert-OH is 1. The van der Waals surface area contributed by atoms with Crippen LogP contribution in [0.3, 0.4) is 0 Å². The van der Waals surface area contributed by atoms with Crippen molar-refractivity contribution in [1.29, 1.82) is 0 Å². The molecule has 2 aromatic carbocycles. The molecule has 3 nitrogen and oxygen atoms in total. The third-order valence-corrected chi connectivity index (χ3v) is 2.70. The van der Waals surface area contributed by atoms with Crippen molar-refractivity contribution in [3.63, 3.8) is 0 Å². The Kier molecular flexibility index (Phi) is 3.57. The van der Waals surface area contributed by atoms with Crippen molar-refractivity contribution in [3.8, 4) is 11.1 Å². The van der Waals surface area contributed by atoms with Crippen LogP contribution >= 0.6 is 0 Å². The van der Waals surface area contributed by atoms with E-state index in [-0.39, 0.29) is 5.56 Å². The van der Waals surface area contributed by atoms with Gasteiger partial charge >= 0.3 is 5.97 Å². The molecule has 0 aliphatic carbocycles. The van der Waals surface area contributed by atoms with E-state index < -0.39 is 23.7 Å². The van der Waals surface area contributed by atoms with Crippen LogP contribution in [-0.2, 0) is 4.79 Å². The molecular formula is C14H10F2O3. The second-order valence-corrected chi connectivity index (χ2v) is 3.98. The van der Waals surface area contributed by atoms with E-state index in [0.717, 1.165) is 6.07 Å². The second kappa shape index (κ2) is 5.16. The summed E-state index contributed by atoms with van der Waals surface area (Å²) in [6.45, 7) is 0. The first-order valence-electron chi connectivity index (χ1n) is 5.45. The normalized spacial score (nSPS) is 12.2. The number of hydrogen-bond acceptors (Lipinski definition) is 2. The van der Waals surface area contributed by atoms with E-state index in [0.29, 0.717) is 11.1 Å². The zero-order valence-corrected chi connectivity index (χ0v) is 9.68. The Morgan fingerprint density at radius 1 is 1.00 bits per heavy atom. The third kappa shape index (κ3) is 2.77. The van der Waals surface area contributed by atoms with Crippen molar-refractivity contribution in [2.24, 2.45) is 0 Å². The number of carboxylic acids is 1. The summed E-state index contributed by atoms with van der Waals surface area (Å²) in [7, 11) is 0. The Bertz CT molecular complexity index is 609. The molecule has 0 radical (unpaired) electrons. The minimum atomic E-state index is -1.93. The number of aliphatic carboxylic acids is 1. The molecule has 0 heterocycles. The molecule has 98 valence electrons. The highest BCUT2D eigenvalue weighted by Crippen LogP contribution is 2.26. The van der Waals surface area contributed by atoms with E-state index in [1.807, 2.05) is 0 Å². The van der Waals surface area contributed by atoms with Gasteiger partial charge in [-0.2, -0.15) is 0 Å². The van der Waals surface area contributed by atoms with Gasteiger partial charge in [-0.15, -0.1) is 0 Å². The van der Waals surface area contributed by atoms with E-state index in [2.05, 4.69) is 0 Å². The summed E-state index contributed by atoms with van der Waals surface area (Å²) < 4.78 is 26.3.